The highest BCUT2D eigenvalue weighted by Gasteiger charge is 2.47. The maximum atomic E-state index is 11.5. The van der Waals surface area contributed by atoms with Gasteiger partial charge in [0.2, 0.25) is 11.5 Å². The second-order valence-corrected chi connectivity index (χ2v) is 10.5. The fourth-order valence-electron chi connectivity index (χ4n) is 5.51. The maximum Gasteiger partial charge on any atom is 0.336 e. The van der Waals surface area contributed by atoms with Crippen LogP contribution in [0.3, 0.4) is 0 Å². The van der Waals surface area contributed by atoms with Crippen LogP contribution in [0.2, 0.25) is 0 Å². The highest BCUT2D eigenvalue weighted by atomic mass is 16.5. The zero-order chi connectivity index (χ0) is 29.2. The Hall–Kier alpha value is -4.96. The lowest BCUT2D eigenvalue weighted by atomic mass is 9.85. The van der Waals surface area contributed by atoms with Crippen LogP contribution in [0.1, 0.15) is 36.7 Å². The Morgan fingerprint density at radius 2 is 1.71 bits per heavy atom. The smallest absolute Gasteiger partial charge is 0.336 e. The van der Waals surface area contributed by atoms with Gasteiger partial charge in [0.1, 0.15) is 29.1 Å². The number of carbonyl (C=O) groups is 1. The summed E-state index contributed by atoms with van der Waals surface area (Å²) in [6.07, 6.45) is 2.90. The molecule has 2 aromatic carbocycles. The standard InChI is InChI=1S/C16H12O6.C15H14O4/c17-10-2-1-8-13-9-4-12(19)11(18)3-7(9)5-16(13,21)6-22-15(8)14(10)20;1-8(2)14-15(17-3)10-6-9-4-5-13(16)18-11(9)7-12(10)19-14/h1-4,18-21H,5-6H2;4-8H,1-3H3. The quantitative estimate of drug-likeness (QED) is 0.200. The van der Waals surface area contributed by atoms with Gasteiger partial charge in [-0.1, -0.05) is 13.8 Å². The van der Waals surface area contributed by atoms with Crippen LogP contribution in [-0.4, -0.2) is 45.5 Å². The molecule has 0 spiro atoms. The summed E-state index contributed by atoms with van der Waals surface area (Å²) in [5, 5.41) is 41.8. The number of methoxy groups -OCH3 is 1. The molecule has 1 unspecified atom stereocenters. The molecule has 10 heteroatoms. The molecule has 0 amide bonds. The van der Waals surface area contributed by atoms with E-state index >= 15 is 0 Å². The van der Waals surface area contributed by atoms with Gasteiger partial charge < -0.3 is 38.7 Å². The van der Waals surface area contributed by atoms with Crippen LogP contribution < -0.4 is 10.4 Å². The highest BCUT2D eigenvalue weighted by molar-refractivity contribution is 6.06. The van der Waals surface area contributed by atoms with E-state index < -0.39 is 17.1 Å². The van der Waals surface area contributed by atoms with E-state index in [1.807, 2.05) is 19.9 Å². The Morgan fingerprint density at radius 3 is 2.44 bits per heavy atom. The number of phenolic OH excluding ortho intramolecular Hbond substituents is 2. The first-order valence-electron chi connectivity index (χ1n) is 12.9. The molecule has 10 nitrogen and oxygen atoms in total. The molecule has 41 heavy (non-hydrogen) atoms. The number of hydrogen-bond acceptors (Lipinski definition) is 10. The molecule has 2 aliphatic carbocycles. The molecule has 1 aliphatic heterocycles. The van der Waals surface area contributed by atoms with Crippen LogP contribution in [0.5, 0.6) is 17.2 Å². The third-order valence-electron chi connectivity index (χ3n) is 7.38. The maximum absolute atomic E-state index is 11.5. The lowest BCUT2D eigenvalue weighted by molar-refractivity contribution is -0.114. The summed E-state index contributed by atoms with van der Waals surface area (Å²) in [5.74, 6) is 0.187. The van der Waals surface area contributed by atoms with E-state index in [9.17, 15) is 30.0 Å². The number of fused-ring (bicyclic) bond motifs is 6. The van der Waals surface area contributed by atoms with Crippen molar-refractivity contribution >= 4 is 33.3 Å². The third-order valence-corrected chi connectivity index (χ3v) is 7.38. The van der Waals surface area contributed by atoms with Crippen LogP contribution in [0, 0.1) is 0 Å². The van der Waals surface area contributed by atoms with Crippen molar-refractivity contribution in [1.82, 2.24) is 0 Å². The van der Waals surface area contributed by atoms with Gasteiger partial charge in [0.25, 0.3) is 0 Å². The molecule has 0 saturated carbocycles. The number of aliphatic hydroxyl groups excluding tert-OH is 1. The number of allylic oxidation sites excluding steroid dienone is 2. The molecule has 7 rings (SSSR count). The van der Waals surface area contributed by atoms with Crippen LogP contribution in [0.15, 0.2) is 79.3 Å². The van der Waals surface area contributed by atoms with E-state index in [2.05, 4.69) is 0 Å². The van der Waals surface area contributed by atoms with Crippen LogP contribution >= 0.6 is 0 Å². The summed E-state index contributed by atoms with van der Waals surface area (Å²) < 4.78 is 21.8. The van der Waals surface area contributed by atoms with Crippen molar-refractivity contribution in [3.05, 3.63) is 92.9 Å². The van der Waals surface area contributed by atoms with Gasteiger partial charge >= 0.3 is 5.63 Å². The highest BCUT2D eigenvalue weighted by Crippen LogP contribution is 2.50. The molecule has 0 fully saturated rings. The Morgan fingerprint density at radius 1 is 0.951 bits per heavy atom. The number of ether oxygens (including phenoxy) is 2. The second-order valence-electron chi connectivity index (χ2n) is 10.5. The summed E-state index contributed by atoms with van der Waals surface area (Å²) >= 11 is 0. The van der Waals surface area contributed by atoms with E-state index in [4.69, 9.17) is 18.3 Å². The minimum absolute atomic E-state index is 0.0348. The zero-order valence-electron chi connectivity index (χ0n) is 22.3. The number of carbonyl (C=O) groups excluding carboxylic acids is 1. The molecule has 210 valence electrons. The molecule has 3 heterocycles. The normalized spacial score (nSPS) is 19.2. The third kappa shape index (κ3) is 4.15. The first-order valence-corrected chi connectivity index (χ1v) is 12.9. The van der Waals surface area contributed by atoms with Gasteiger partial charge in [0, 0.05) is 41.0 Å². The zero-order valence-corrected chi connectivity index (χ0v) is 22.3. The van der Waals surface area contributed by atoms with Crippen molar-refractivity contribution in [3.8, 4) is 17.2 Å². The fourth-order valence-corrected chi connectivity index (χ4v) is 5.51. The van der Waals surface area contributed by atoms with Crippen molar-refractivity contribution in [3.63, 3.8) is 0 Å². The lowest BCUT2D eigenvalue weighted by Crippen LogP contribution is -2.39. The van der Waals surface area contributed by atoms with Crippen molar-refractivity contribution < 1.29 is 43.5 Å². The van der Waals surface area contributed by atoms with Crippen molar-refractivity contribution in [2.24, 2.45) is 0 Å². The van der Waals surface area contributed by atoms with Gasteiger partial charge in [0.15, 0.2) is 23.0 Å². The second kappa shape index (κ2) is 9.31. The topological polar surface area (TPSA) is 160 Å². The Balaban J connectivity index is 0.000000149. The predicted octanol–water partition coefficient (Wildman–Crippen LogP) is 4.75. The average Bonchev–Trinajstić information content (AvgIpc) is 3.43. The van der Waals surface area contributed by atoms with Gasteiger partial charge in [-0.2, -0.15) is 0 Å². The largest absolute Gasteiger partial charge is 0.504 e. The minimum Gasteiger partial charge on any atom is -0.504 e. The number of ketones is 1. The molecule has 4 N–H and O–H groups in total. The first-order chi connectivity index (χ1) is 19.5. The van der Waals surface area contributed by atoms with E-state index in [0.717, 1.165) is 22.3 Å². The predicted molar refractivity (Wildman–Crippen MR) is 148 cm³/mol. The van der Waals surface area contributed by atoms with Crippen molar-refractivity contribution in [2.75, 3.05) is 13.7 Å². The van der Waals surface area contributed by atoms with Gasteiger partial charge in [-0.25, -0.2) is 4.79 Å². The minimum atomic E-state index is -1.33. The Bertz CT molecular complexity index is 1920. The van der Waals surface area contributed by atoms with Crippen LogP contribution in [0.4, 0.5) is 0 Å². The fraction of sp³-hybridized carbons (Fsp3) is 0.226. The van der Waals surface area contributed by atoms with E-state index in [1.54, 1.807) is 19.2 Å². The van der Waals surface area contributed by atoms with Crippen LogP contribution in [0.25, 0.3) is 27.5 Å². The Labute approximate surface area is 232 Å². The number of hydrogen-bond donors (Lipinski definition) is 4. The van der Waals surface area contributed by atoms with E-state index in [-0.39, 0.29) is 41.8 Å². The molecule has 3 aliphatic rings. The lowest BCUT2D eigenvalue weighted by Gasteiger charge is -2.33. The summed E-state index contributed by atoms with van der Waals surface area (Å²) in [4.78, 5) is 22.8. The summed E-state index contributed by atoms with van der Waals surface area (Å²) in [6, 6.07) is 9.57. The number of furan rings is 1. The average molecular weight is 559 g/mol. The van der Waals surface area contributed by atoms with Gasteiger partial charge in [-0.3, -0.25) is 4.79 Å². The summed E-state index contributed by atoms with van der Waals surface area (Å²) in [7, 11) is 1.63. The monoisotopic (exact) mass is 558 g/mol. The summed E-state index contributed by atoms with van der Waals surface area (Å²) in [6.45, 7) is 3.96. The van der Waals surface area contributed by atoms with Crippen molar-refractivity contribution in [1.29, 1.82) is 0 Å². The number of phenols is 2. The van der Waals surface area contributed by atoms with E-state index in [0.29, 0.717) is 33.4 Å². The van der Waals surface area contributed by atoms with E-state index in [1.165, 1.54) is 30.4 Å². The van der Waals surface area contributed by atoms with Gasteiger partial charge in [0.05, 0.1) is 12.5 Å². The number of benzene rings is 2. The number of rotatable bonds is 2. The van der Waals surface area contributed by atoms with Crippen molar-refractivity contribution in [2.45, 2.75) is 31.8 Å². The van der Waals surface area contributed by atoms with Crippen LogP contribution in [-0.2, 0) is 16.0 Å². The van der Waals surface area contributed by atoms with Gasteiger partial charge in [-0.15, -0.1) is 0 Å². The number of aromatic hydroxyl groups is 2. The molecule has 1 atom stereocenters. The molecule has 0 saturated heterocycles. The Kier molecular flexibility index (Phi) is 5.97. The molecule has 0 radical (unpaired) electrons. The molecular weight excluding hydrogens is 532 g/mol. The molecule has 2 aromatic heterocycles. The summed E-state index contributed by atoms with van der Waals surface area (Å²) in [5.41, 5.74) is 1.62. The molecule has 0 bridgehead atoms. The van der Waals surface area contributed by atoms with Gasteiger partial charge in [-0.05, 0) is 47.5 Å². The first kappa shape index (κ1) is 26.3. The number of aliphatic hydroxyl groups is 2. The molecule has 4 aromatic rings. The SMILES string of the molecule is COc1c(C(C)C)oc2cc3oc(=O)ccc3cc12.O=C1C=CC2=C3c4cc(O)c(O)cc4CC3(O)COC2=C1O. The molecular formula is C31H26O10.